The summed E-state index contributed by atoms with van der Waals surface area (Å²) in [6.45, 7) is 4.11. The second kappa shape index (κ2) is 7.74. The third-order valence-electron chi connectivity index (χ3n) is 2.98. The topological polar surface area (TPSA) is 35.2 Å². The van der Waals surface area contributed by atoms with Gasteiger partial charge in [-0.05, 0) is 42.5 Å². The fourth-order valence-electron chi connectivity index (χ4n) is 1.80. The summed E-state index contributed by atoms with van der Waals surface area (Å²) in [5.41, 5.74) is 5.70. The van der Waals surface area contributed by atoms with Crippen molar-refractivity contribution in [1.82, 2.24) is 0 Å². The van der Waals surface area contributed by atoms with Crippen LogP contribution in [0.1, 0.15) is 43.9 Å². The van der Waals surface area contributed by atoms with Crippen LogP contribution in [0.15, 0.2) is 18.2 Å². The molecule has 0 heterocycles. The lowest BCUT2D eigenvalue weighted by Crippen LogP contribution is -2.14. The van der Waals surface area contributed by atoms with E-state index in [-0.39, 0.29) is 18.2 Å². The second-order valence-electron chi connectivity index (χ2n) is 5.07. The maximum Gasteiger partial charge on any atom is 0.416 e. The summed E-state index contributed by atoms with van der Waals surface area (Å²) < 4.78 is 43.2. The zero-order chi connectivity index (χ0) is 14.6. The third-order valence-corrected chi connectivity index (χ3v) is 2.98. The summed E-state index contributed by atoms with van der Waals surface area (Å²) >= 11 is 0. The van der Waals surface area contributed by atoms with Crippen molar-refractivity contribution >= 4 is 12.4 Å². The Labute approximate surface area is 123 Å². The first-order chi connectivity index (χ1) is 8.74. The number of alkyl halides is 3. The van der Waals surface area contributed by atoms with Crippen LogP contribution in [0.4, 0.5) is 13.2 Å². The zero-order valence-corrected chi connectivity index (χ0v) is 12.6. The lowest BCUT2D eigenvalue weighted by Gasteiger charge is -2.17. The molecular weight excluding hydrogens is 291 g/mol. The molecule has 1 rings (SSSR count). The molecule has 0 aliphatic carbocycles. The molecule has 0 amide bonds. The first-order valence-electron chi connectivity index (χ1n) is 6.25. The van der Waals surface area contributed by atoms with Crippen molar-refractivity contribution in [3.63, 3.8) is 0 Å². The molecule has 0 aliphatic heterocycles. The van der Waals surface area contributed by atoms with E-state index in [2.05, 4.69) is 13.8 Å². The SMILES string of the molecule is COc1cc([C@H](N)CCC(C)C)cc(C(F)(F)F)c1.Cl. The monoisotopic (exact) mass is 311 g/mol. The molecule has 0 fully saturated rings. The van der Waals surface area contributed by atoms with Gasteiger partial charge in [0.1, 0.15) is 5.75 Å². The van der Waals surface area contributed by atoms with Crippen LogP contribution < -0.4 is 10.5 Å². The molecule has 0 bridgehead atoms. The first-order valence-corrected chi connectivity index (χ1v) is 6.25. The predicted octanol–water partition coefficient (Wildman–Crippen LogP) is 4.57. The fraction of sp³-hybridized carbons (Fsp3) is 0.571. The van der Waals surface area contributed by atoms with Crippen LogP contribution in [0.25, 0.3) is 0 Å². The van der Waals surface area contributed by atoms with Crippen molar-refractivity contribution in [1.29, 1.82) is 0 Å². The molecule has 0 unspecified atom stereocenters. The van der Waals surface area contributed by atoms with E-state index in [0.717, 1.165) is 18.6 Å². The summed E-state index contributed by atoms with van der Waals surface area (Å²) in [6, 6.07) is 3.26. The third kappa shape index (κ3) is 5.59. The van der Waals surface area contributed by atoms with E-state index < -0.39 is 17.8 Å². The van der Waals surface area contributed by atoms with Gasteiger partial charge in [-0.1, -0.05) is 13.8 Å². The summed E-state index contributed by atoms with van der Waals surface area (Å²) in [4.78, 5) is 0. The number of nitrogens with two attached hydrogens (primary N) is 1. The lowest BCUT2D eigenvalue weighted by molar-refractivity contribution is -0.137. The number of hydrogen-bond donors (Lipinski definition) is 1. The molecule has 0 spiro atoms. The van der Waals surface area contributed by atoms with Crippen LogP contribution in [0.2, 0.25) is 0 Å². The Balaban J connectivity index is 0.00000361. The Morgan fingerprint density at radius 1 is 1.15 bits per heavy atom. The van der Waals surface area contributed by atoms with E-state index >= 15 is 0 Å². The summed E-state index contributed by atoms with van der Waals surface area (Å²) in [6.07, 6.45) is -2.86. The average molecular weight is 312 g/mol. The first kappa shape index (κ1) is 19.1. The minimum Gasteiger partial charge on any atom is -0.497 e. The number of halogens is 4. The molecule has 1 aromatic rings. The van der Waals surface area contributed by atoms with Gasteiger partial charge in [0, 0.05) is 6.04 Å². The van der Waals surface area contributed by atoms with Crippen molar-refractivity contribution in [2.24, 2.45) is 11.7 Å². The van der Waals surface area contributed by atoms with Crippen molar-refractivity contribution in [3.8, 4) is 5.75 Å². The van der Waals surface area contributed by atoms with Crippen molar-refractivity contribution in [3.05, 3.63) is 29.3 Å². The molecule has 6 heteroatoms. The molecule has 20 heavy (non-hydrogen) atoms. The van der Waals surface area contributed by atoms with Gasteiger partial charge in [-0.2, -0.15) is 13.2 Å². The standard InChI is InChI=1S/C14H20F3NO.ClH/c1-9(2)4-5-13(18)10-6-11(14(15,16)17)8-12(7-10)19-3;/h6-9,13H,4-5,18H2,1-3H3;1H/t13-;/m1./s1. The summed E-state index contributed by atoms with van der Waals surface area (Å²) in [5, 5.41) is 0. The van der Waals surface area contributed by atoms with Gasteiger partial charge in [0.05, 0.1) is 12.7 Å². The van der Waals surface area contributed by atoms with E-state index in [4.69, 9.17) is 10.5 Å². The normalized spacial score (nSPS) is 13.0. The number of methoxy groups -OCH3 is 1. The summed E-state index contributed by atoms with van der Waals surface area (Å²) in [7, 11) is 1.35. The van der Waals surface area contributed by atoms with Crippen LogP contribution in [0.5, 0.6) is 5.75 Å². The van der Waals surface area contributed by atoms with Gasteiger partial charge in [0.25, 0.3) is 0 Å². The average Bonchev–Trinajstić information content (AvgIpc) is 2.34. The van der Waals surface area contributed by atoms with Gasteiger partial charge in [0.2, 0.25) is 0 Å². The van der Waals surface area contributed by atoms with Gasteiger partial charge < -0.3 is 10.5 Å². The van der Waals surface area contributed by atoms with Gasteiger partial charge in [0.15, 0.2) is 0 Å². The fourth-order valence-corrected chi connectivity index (χ4v) is 1.80. The van der Waals surface area contributed by atoms with Crippen molar-refractivity contribution < 1.29 is 17.9 Å². The molecule has 0 aliphatic rings. The molecule has 2 nitrogen and oxygen atoms in total. The second-order valence-corrected chi connectivity index (χ2v) is 5.07. The molecule has 2 N–H and O–H groups in total. The molecule has 0 radical (unpaired) electrons. The number of rotatable bonds is 5. The van der Waals surface area contributed by atoms with Gasteiger partial charge in [-0.15, -0.1) is 12.4 Å². The number of benzene rings is 1. The van der Waals surface area contributed by atoms with E-state index in [1.165, 1.54) is 7.11 Å². The summed E-state index contributed by atoms with van der Waals surface area (Å²) in [5.74, 6) is 0.656. The van der Waals surface area contributed by atoms with Gasteiger partial charge in [-0.3, -0.25) is 0 Å². The predicted molar refractivity (Wildman–Crippen MR) is 76.2 cm³/mol. The van der Waals surface area contributed by atoms with E-state index in [9.17, 15) is 13.2 Å². The Kier molecular flexibility index (Phi) is 7.38. The van der Waals surface area contributed by atoms with Crippen LogP contribution in [-0.2, 0) is 6.18 Å². The highest BCUT2D eigenvalue weighted by atomic mass is 35.5. The lowest BCUT2D eigenvalue weighted by atomic mass is 9.96. The van der Waals surface area contributed by atoms with Gasteiger partial charge >= 0.3 is 6.18 Å². The highest BCUT2D eigenvalue weighted by Gasteiger charge is 2.31. The number of ether oxygens (including phenoxy) is 1. The van der Waals surface area contributed by atoms with Crippen molar-refractivity contribution in [2.75, 3.05) is 7.11 Å². The largest absolute Gasteiger partial charge is 0.497 e. The highest BCUT2D eigenvalue weighted by Crippen LogP contribution is 2.34. The molecule has 0 aromatic heterocycles. The number of hydrogen-bond acceptors (Lipinski definition) is 2. The minimum absolute atomic E-state index is 0. The maximum absolute atomic E-state index is 12.8. The molecule has 0 saturated carbocycles. The maximum atomic E-state index is 12.8. The van der Waals surface area contributed by atoms with E-state index in [0.29, 0.717) is 17.9 Å². The zero-order valence-electron chi connectivity index (χ0n) is 11.8. The Bertz CT molecular complexity index is 421. The van der Waals surface area contributed by atoms with Crippen molar-refractivity contribution in [2.45, 2.75) is 38.9 Å². The van der Waals surface area contributed by atoms with Gasteiger partial charge in [-0.25, -0.2) is 0 Å². The van der Waals surface area contributed by atoms with Crippen LogP contribution in [0.3, 0.4) is 0 Å². The Morgan fingerprint density at radius 3 is 2.20 bits per heavy atom. The smallest absolute Gasteiger partial charge is 0.416 e. The van der Waals surface area contributed by atoms with E-state index in [1.807, 2.05) is 0 Å². The minimum atomic E-state index is -4.39. The van der Waals surface area contributed by atoms with Crippen LogP contribution >= 0.6 is 12.4 Å². The Hall–Kier alpha value is -0.940. The Morgan fingerprint density at radius 2 is 1.75 bits per heavy atom. The molecular formula is C14H21ClF3NO. The quantitative estimate of drug-likeness (QED) is 0.864. The highest BCUT2D eigenvalue weighted by molar-refractivity contribution is 5.85. The molecule has 1 aromatic carbocycles. The molecule has 1 atom stereocenters. The molecule has 116 valence electrons. The van der Waals surface area contributed by atoms with Crippen LogP contribution in [0, 0.1) is 5.92 Å². The van der Waals surface area contributed by atoms with E-state index in [1.54, 1.807) is 6.07 Å². The molecule has 0 saturated heterocycles. The van der Waals surface area contributed by atoms with Crippen LogP contribution in [-0.4, -0.2) is 7.11 Å².